The smallest absolute Gasteiger partial charge is 0.100 e. The topological polar surface area (TPSA) is 62.0 Å². The van der Waals surface area contributed by atoms with Gasteiger partial charge in [0.2, 0.25) is 0 Å². The number of nitrogens with two attached hydrogens (primary N) is 1. The molecule has 0 saturated heterocycles. The third-order valence-corrected chi connectivity index (χ3v) is 0.939. The van der Waals surface area contributed by atoms with Gasteiger partial charge in [0.1, 0.15) is 5.82 Å². The highest BCUT2D eigenvalue weighted by Crippen LogP contribution is 2.00. The van der Waals surface area contributed by atoms with Gasteiger partial charge in [0.15, 0.2) is 0 Å². The molecule has 1 aromatic rings. The number of hydrogen-bond donors (Lipinski definition) is 3. The van der Waals surface area contributed by atoms with Crippen LogP contribution >= 0.6 is 0 Å². The van der Waals surface area contributed by atoms with E-state index in [9.17, 15) is 0 Å². The van der Waals surface area contributed by atoms with Crippen molar-refractivity contribution in [2.24, 2.45) is 0 Å². The lowest BCUT2D eigenvalue weighted by atomic mass is 10.5. The van der Waals surface area contributed by atoms with Crippen LogP contribution < -0.4 is 5.73 Å². The molecule has 1 heterocycles. The summed E-state index contributed by atoms with van der Waals surface area (Å²) < 4.78 is 0. The van der Waals surface area contributed by atoms with Crippen LogP contribution in [0.5, 0.6) is 0 Å². The second kappa shape index (κ2) is 1.88. The Balaban J connectivity index is 2.84. The predicted octanol–water partition coefficient (Wildman–Crippen LogP) is 0.0892. The van der Waals surface area contributed by atoms with Gasteiger partial charge in [-0.15, -0.1) is 0 Å². The summed E-state index contributed by atoms with van der Waals surface area (Å²) in [5.41, 5.74) is 6.04. The highest BCUT2D eigenvalue weighted by Gasteiger charge is 1.89. The zero-order valence-electron chi connectivity index (χ0n) is 4.39. The fraction of sp³-hybridized carbons (Fsp3) is 0.200. The van der Waals surface area contributed by atoms with Crippen molar-refractivity contribution in [1.82, 2.24) is 4.98 Å². The van der Waals surface area contributed by atoms with E-state index in [2.05, 4.69) is 4.98 Å². The Morgan fingerprint density at radius 3 is 2.62 bits per heavy atom. The number of rotatable bonds is 1. The number of anilines is 1. The first kappa shape index (κ1) is 5.18. The average Bonchev–Trinajstić information content (AvgIpc) is 2.14. The van der Waals surface area contributed by atoms with Gasteiger partial charge in [-0.05, 0) is 12.1 Å². The zero-order valence-corrected chi connectivity index (χ0v) is 4.39. The Morgan fingerprint density at radius 1 is 1.62 bits per heavy atom. The molecule has 0 radical (unpaired) electrons. The lowest BCUT2D eigenvalue weighted by Gasteiger charge is -1.84. The van der Waals surface area contributed by atoms with E-state index in [0.29, 0.717) is 5.82 Å². The van der Waals surface area contributed by atoms with Gasteiger partial charge in [0.25, 0.3) is 0 Å². The molecular formula is C5H8N2O. The molecule has 0 aliphatic rings. The van der Waals surface area contributed by atoms with Gasteiger partial charge >= 0.3 is 0 Å². The summed E-state index contributed by atoms with van der Waals surface area (Å²) in [4.78, 5) is 2.75. The Morgan fingerprint density at radius 2 is 2.38 bits per heavy atom. The number of aliphatic hydroxyl groups is 1. The summed E-state index contributed by atoms with van der Waals surface area (Å²) in [6, 6.07) is 3.46. The van der Waals surface area contributed by atoms with E-state index in [1.807, 2.05) is 0 Å². The second-order valence-electron chi connectivity index (χ2n) is 1.60. The van der Waals surface area contributed by atoms with Crippen LogP contribution in [-0.4, -0.2) is 10.1 Å². The van der Waals surface area contributed by atoms with E-state index in [1.54, 1.807) is 12.1 Å². The second-order valence-corrected chi connectivity index (χ2v) is 1.60. The van der Waals surface area contributed by atoms with Gasteiger partial charge in [0, 0.05) is 5.69 Å². The third kappa shape index (κ3) is 0.816. The molecule has 1 rings (SSSR count). The zero-order chi connectivity index (χ0) is 5.98. The van der Waals surface area contributed by atoms with Crippen LogP contribution in [-0.2, 0) is 6.61 Å². The number of nitrogens with one attached hydrogen (secondary N) is 1. The molecule has 0 unspecified atom stereocenters. The Bertz CT molecular complexity index is 171. The first-order valence-corrected chi connectivity index (χ1v) is 2.37. The maximum Gasteiger partial charge on any atom is 0.100 e. The first-order chi connectivity index (χ1) is 3.83. The summed E-state index contributed by atoms with van der Waals surface area (Å²) in [6.45, 7) is 0.0250. The van der Waals surface area contributed by atoms with E-state index >= 15 is 0 Å². The van der Waals surface area contributed by atoms with Crippen LogP contribution in [0.3, 0.4) is 0 Å². The SMILES string of the molecule is Nc1ccc(CO)[nH]1. The number of aromatic nitrogens is 1. The van der Waals surface area contributed by atoms with Crippen LogP contribution in [0.15, 0.2) is 12.1 Å². The van der Waals surface area contributed by atoms with Gasteiger partial charge < -0.3 is 15.8 Å². The van der Waals surface area contributed by atoms with Crippen LogP contribution in [0.4, 0.5) is 5.82 Å². The van der Waals surface area contributed by atoms with Crippen molar-refractivity contribution in [3.05, 3.63) is 17.8 Å². The van der Waals surface area contributed by atoms with Gasteiger partial charge in [-0.25, -0.2) is 0 Å². The van der Waals surface area contributed by atoms with Crippen molar-refractivity contribution >= 4 is 5.82 Å². The number of aliphatic hydroxyl groups excluding tert-OH is 1. The molecule has 4 N–H and O–H groups in total. The van der Waals surface area contributed by atoms with E-state index < -0.39 is 0 Å². The molecule has 0 aliphatic carbocycles. The molecule has 0 bridgehead atoms. The monoisotopic (exact) mass is 112 g/mol. The molecule has 0 spiro atoms. The Kier molecular flexibility index (Phi) is 1.22. The Hall–Kier alpha value is -0.960. The van der Waals surface area contributed by atoms with E-state index in [0.717, 1.165) is 5.69 Å². The molecule has 0 aromatic carbocycles. The third-order valence-electron chi connectivity index (χ3n) is 0.939. The number of H-pyrrole nitrogens is 1. The number of aromatic amines is 1. The minimum Gasteiger partial charge on any atom is -0.390 e. The van der Waals surface area contributed by atoms with Gasteiger partial charge in [-0.3, -0.25) is 0 Å². The summed E-state index contributed by atoms with van der Waals surface area (Å²) in [6.07, 6.45) is 0. The molecule has 1 aromatic heterocycles. The molecule has 0 fully saturated rings. The molecule has 0 saturated carbocycles. The van der Waals surface area contributed by atoms with E-state index in [4.69, 9.17) is 10.8 Å². The largest absolute Gasteiger partial charge is 0.390 e. The molecule has 0 atom stereocenters. The number of hydrogen-bond acceptors (Lipinski definition) is 2. The van der Waals surface area contributed by atoms with Crippen molar-refractivity contribution < 1.29 is 5.11 Å². The lowest BCUT2D eigenvalue weighted by molar-refractivity contribution is 0.277. The lowest BCUT2D eigenvalue weighted by Crippen LogP contribution is -1.85. The molecule has 3 heteroatoms. The molecule has 0 amide bonds. The van der Waals surface area contributed by atoms with Gasteiger partial charge in [-0.1, -0.05) is 0 Å². The minimum absolute atomic E-state index is 0.0250. The molecule has 8 heavy (non-hydrogen) atoms. The molecular weight excluding hydrogens is 104 g/mol. The van der Waals surface area contributed by atoms with Gasteiger partial charge in [0.05, 0.1) is 6.61 Å². The highest BCUT2D eigenvalue weighted by atomic mass is 16.3. The van der Waals surface area contributed by atoms with Crippen molar-refractivity contribution in [2.75, 3.05) is 5.73 Å². The van der Waals surface area contributed by atoms with Crippen LogP contribution in [0, 0.1) is 0 Å². The first-order valence-electron chi connectivity index (χ1n) is 2.37. The number of nitrogen functional groups attached to an aromatic ring is 1. The summed E-state index contributed by atoms with van der Waals surface area (Å²) in [7, 11) is 0. The van der Waals surface area contributed by atoms with Crippen molar-refractivity contribution in [3.63, 3.8) is 0 Å². The molecule has 3 nitrogen and oxygen atoms in total. The van der Waals surface area contributed by atoms with Crippen LogP contribution in [0.1, 0.15) is 5.69 Å². The average molecular weight is 112 g/mol. The maximum absolute atomic E-state index is 8.46. The van der Waals surface area contributed by atoms with E-state index in [-0.39, 0.29) is 6.61 Å². The fourth-order valence-electron chi connectivity index (χ4n) is 0.551. The highest BCUT2D eigenvalue weighted by molar-refractivity contribution is 5.30. The van der Waals surface area contributed by atoms with Crippen molar-refractivity contribution in [2.45, 2.75) is 6.61 Å². The predicted molar refractivity (Wildman–Crippen MR) is 31.1 cm³/mol. The minimum atomic E-state index is 0.0250. The van der Waals surface area contributed by atoms with Gasteiger partial charge in [-0.2, -0.15) is 0 Å². The van der Waals surface area contributed by atoms with Crippen LogP contribution in [0.2, 0.25) is 0 Å². The quantitative estimate of drug-likeness (QED) is 0.482. The normalized spacial score (nSPS) is 9.62. The summed E-state index contributed by atoms with van der Waals surface area (Å²) >= 11 is 0. The standard InChI is InChI=1S/C5H8N2O/c6-5-2-1-4(3-8)7-5/h1-2,7-8H,3,6H2. The summed E-state index contributed by atoms with van der Waals surface area (Å²) in [5.74, 6) is 0.592. The summed E-state index contributed by atoms with van der Waals surface area (Å²) in [5, 5.41) is 8.46. The van der Waals surface area contributed by atoms with Crippen LogP contribution in [0.25, 0.3) is 0 Å². The van der Waals surface area contributed by atoms with Crippen molar-refractivity contribution in [3.8, 4) is 0 Å². The Labute approximate surface area is 47.1 Å². The molecule has 44 valence electrons. The van der Waals surface area contributed by atoms with E-state index in [1.165, 1.54) is 0 Å². The fourth-order valence-corrected chi connectivity index (χ4v) is 0.551. The molecule has 0 aliphatic heterocycles. The van der Waals surface area contributed by atoms with Crippen molar-refractivity contribution in [1.29, 1.82) is 0 Å². The maximum atomic E-state index is 8.46.